The summed E-state index contributed by atoms with van der Waals surface area (Å²) in [4.78, 5) is 4.00. The van der Waals surface area contributed by atoms with Gasteiger partial charge in [-0.25, -0.2) is 16.8 Å². The van der Waals surface area contributed by atoms with Gasteiger partial charge in [-0.2, -0.15) is 8.61 Å². The van der Waals surface area contributed by atoms with Crippen LogP contribution in [0.15, 0.2) is 29.4 Å². The summed E-state index contributed by atoms with van der Waals surface area (Å²) in [6.07, 6.45) is 8.22. The molecule has 1 saturated carbocycles. The Morgan fingerprint density at radius 3 is 2.20 bits per heavy atom. The molecule has 1 saturated heterocycles. The first kappa shape index (κ1) is 18.8. The first-order valence-electron chi connectivity index (χ1n) is 8.77. The van der Waals surface area contributed by atoms with E-state index in [-0.39, 0.29) is 42.7 Å². The van der Waals surface area contributed by atoms with Crippen molar-refractivity contribution >= 4 is 20.0 Å². The van der Waals surface area contributed by atoms with E-state index in [1.165, 1.54) is 33.5 Å². The molecule has 0 N–H and O–H groups in total. The van der Waals surface area contributed by atoms with E-state index >= 15 is 0 Å². The van der Waals surface area contributed by atoms with Gasteiger partial charge in [-0.3, -0.25) is 4.98 Å². The number of hydrogen-bond acceptors (Lipinski definition) is 5. The van der Waals surface area contributed by atoms with Crippen molar-refractivity contribution in [3.63, 3.8) is 0 Å². The third kappa shape index (κ3) is 4.39. The fourth-order valence-corrected chi connectivity index (χ4v) is 6.84. The van der Waals surface area contributed by atoms with Crippen LogP contribution in [0.3, 0.4) is 0 Å². The molecule has 0 radical (unpaired) electrons. The molecule has 0 unspecified atom stereocenters. The maximum atomic E-state index is 12.6. The Balaban J connectivity index is 1.61. The van der Waals surface area contributed by atoms with Crippen LogP contribution in [0.25, 0.3) is 0 Å². The minimum absolute atomic E-state index is 0.147. The number of rotatable bonds is 5. The van der Waals surface area contributed by atoms with Crippen LogP contribution < -0.4 is 0 Å². The number of sulfonamides is 2. The highest BCUT2D eigenvalue weighted by Crippen LogP contribution is 2.26. The van der Waals surface area contributed by atoms with Crippen LogP contribution in [0.5, 0.6) is 0 Å². The second-order valence-corrected chi connectivity index (χ2v) is 10.7. The summed E-state index contributed by atoms with van der Waals surface area (Å²) >= 11 is 0. The van der Waals surface area contributed by atoms with E-state index in [1.54, 1.807) is 6.07 Å². The third-order valence-corrected chi connectivity index (χ3v) is 8.96. The van der Waals surface area contributed by atoms with Gasteiger partial charge in [-0.05, 0) is 30.9 Å². The molecule has 2 heterocycles. The SMILES string of the molecule is O=S(=O)(CC1CCCCC1)N1CCN(S(=O)(=O)c2cccnc2)CC1. The van der Waals surface area contributed by atoms with Crippen LogP contribution in [0.2, 0.25) is 0 Å². The van der Waals surface area contributed by atoms with Crippen LogP contribution in [-0.4, -0.2) is 62.4 Å². The Labute approximate surface area is 150 Å². The van der Waals surface area contributed by atoms with Gasteiger partial charge in [0.15, 0.2) is 0 Å². The normalized spacial score (nSPS) is 22.1. The van der Waals surface area contributed by atoms with Gasteiger partial charge in [-0.1, -0.05) is 19.3 Å². The highest BCUT2D eigenvalue weighted by molar-refractivity contribution is 7.89. The van der Waals surface area contributed by atoms with Crippen molar-refractivity contribution in [2.24, 2.45) is 5.92 Å². The lowest BCUT2D eigenvalue weighted by molar-refractivity contribution is 0.269. The molecule has 25 heavy (non-hydrogen) atoms. The van der Waals surface area contributed by atoms with Crippen molar-refractivity contribution in [1.82, 2.24) is 13.6 Å². The molecule has 1 aliphatic carbocycles. The third-order valence-electron chi connectivity index (χ3n) is 5.03. The number of hydrogen-bond donors (Lipinski definition) is 0. The second-order valence-electron chi connectivity index (χ2n) is 6.77. The highest BCUT2D eigenvalue weighted by Gasteiger charge is 2.34. The average Bonchev–Trinajstić information content (AvgIpc) is 2.63. The highest BCUT2D eigenvalue weighted by atomic mass is 32.2. The molecule has 9 heteroatoms. The first-order chi connectivity index (χ1) is 11.9. The molecular weight excluding hydrogens is 362 g/mol. The van der Waals surface area contributed by atoms with Gasteiger partial charge in [0.2, 0.25) is 20.0 Å². The summed E-state index contributed by atoms with van der Waals surface area (Å²) in [5, 5.41) is 0. The van der Waals surface area contributed by atoms with Gasteiger partial charge in [0.25, 0.3) is 0 Å². The Kier molecular flexibility index (Phi) is 5.77. The summed E-state index contributed by atoms with van der Waals surface area (Å²) in [6, 6.07) is 3.09. The molecule has 0 spiro atoms. The van der Waals surface area contributed by atoms with Gasteiger partial charge in [-0.15, -0.1) is 0 Å². The van der Waals surface area contributed by atoms with Gasteiger partial charge in [0.1, 0.15) is 4.90 Å². The van der Waals surface area contributed by atoms with E-state index in [0.29, 0.717) is 0 Å². The van der Waals surface area contributed by atoms with E-state index in [1.807, 2.05) is 0 Å². The van der Waals surface area contributed by atoms with Crippen molar-refractivity contribution < 1.29 is 16.8 Å². The largest absolute Gasteiger partial charge is 0.263 e. The Morgan fingerprint density at radius 1 is 0.960 bits per heavy atom. The number of pyridine rings is 1. The first-order valence-corrected chi connectivity index (χ1v) is 11.8. The topological polar surface area (TPSA) is 87.7 Å². The molecule has 2 aliphatic rings. The summed E-state index contributed by atoms with van der Waals surface area (Å²) < 4.78 is 53.2. The minimum atomic E-state index is -3.61. The van der Waals surface area contributed by atoms with Crippen LogP contribution in [0.1, 0.15) is 32.1 Å². The van der Waals surface area contributed by atoms with E-state index in [4.69, 9.17) is 0 Å². The molecule has 1 aromatic rings. The summed E-state index contributed by atoms with van der Waals surface area (Å²) in [7, 11) is -6.93. The Morgan fingerprint density at radius 2 is 1.60 bits per heavy atom. The fraction of sp³-hybridized carbons (Fsp3) is 0.688. The second kappa shape index (κ2) is 7.69. The molecule has 0 bridgehead atoms. The van der Waals surface area contributed by atoms with Crippen molar-refractivity contribution in [2.75, 3.05) is 31.9 Å². The molecule has 0 aromatic carbocycles. The Bertz CT molecular complexity index is 767. The van der Waals surface area contributed by atoms with Crippen molar-refractivity contribution in [2.45, 2.75) is 37.0 Å². The lowest BCUT2D eigenvalue weighted by atomic mass is 9.91. The van der Waals surface area contributed by atoms with Crippen LogP contribution in [-0.2, 0) is 20.0 Å². The van der Waals surface area contributed by atoms with Gasteiger partial charge in [0, 0.05) is 38.6 Å². The summed E-state index contributed by atoms with van der Waals surface area (Å²) in [5.74, 6) is 0.443. The molecule has 3 rings (SSSR count). The average molecular weight is 388 g/mol. The standard InChI is InChI=1S/C16H25N3O4S2/c20-24(21,14-15-5-2-1-3-6-15)18-9-11-19(12-10-18)25(22,23)16-7-4-8-17-13-16/h4,7-8,13,15H,1-3,5-6,9-12,14H2. The number of aromatic nitrogens is 1. The molecule has 140 valence electrons. The zero-order valence-corrected chi connectivity index (χ0v) is 15.9. The number of piperazine rings is 1. The summed E-state index contributed by atoms with van der Waals surface area (Å²) in [6.45, 7) is 0.797. The maximum absolute atomic E-state index is 12.6. The van der Waals surface area contributed by atoms with Crippen molar-refractivity contribution in [3.8, 4) is 0 Å². The maximum Gasteiger partial charge on any atom is 0.244 e. The smallest absolute Gasteiger partial charge is 0.244 e. The lowest BCUT2D eigenvalue weighted by Crippen LogP contribution is -2.51. The molecule has 1 aliphatic heterocycles. The van der Waals surface area contributed by atoms with Crippen molar-refractivity contribution in [3.05, 3.63) is 24.5 Å². The van der Waals surface area contributed by atoms with Crippen LogP contribution in [0, 0.1) is 5.92 Å². The van der Waals surface area contributed by atoms with E-state index in [9.17, 15) is 16.8 Å². The fourth-order valence-electron chi connectivity index (χ4n) is 3.59. The van der Waals surface area contributed by atoms with Gasteiger partial charge < -0.3 is 0 Å². The molecule has 0 atom stereocenters. The van der Waals surface area contributed by atoms with Gasteiger partial charge >= 0.3 is 0 Å². The lowest BCUT2D eigenvalue weighted by Gasteiger charge is -2.34. The predicted molar refractivity (Wildman–Crippen MR) is 94.9 cm³/mol. The van der Waals surface area contributed by atoms with Gasteiger partial charge in [0.05, 0.1) is 5.75 Å². The predicted octanol–water partition coefficient (Wildman–Crippen LogP) is 1.30. The van der Waals surface area contributed by atoms with Crippen LogP contribution in [0.4, 0.5) is 0 Å². The van der Waals surface area contributed by atoms with E-state index < -0.39 is 20.0 Å². The Hall–Kier alpha value is -1.03. The molecule has 1 aromatic heterocycles. The zero-order valence-electron chi connectivity index (χ0n) is 14.2. The number of nitrogens with zero attached hydrogens (tertiary/aromatic N) is 3. The quantitative estimate of drug-likeness (QED) is 0.760. The summed E-state index contributed by atoms with van der Waals surface area (Å²) in [5.41, 5.74) is 0. The monoisotopic (exact) mass is 387 g/mol. The van der Waals surface area contributed by atoms with Crippen molar-refractivity contribution in [1.29, 1.82) is 0 Å². The van der Waals surface area contributed by atoms with E-state index in [2.05, 4.69) is 4.98 Å². The minimum Gasteiger partial charge on any atom is -0.263 e. The molecule has 7 nitrogen and oxygen atoms in total. The molecule has 2 fully saturated rings. The molecule has 0 amide bonds. The van der Waals surface area contributed by atoms with Crippen LogP contribution >= 0.6 is 0 Å². The molecular formula is C16H25N3O4S2. The van der Waals surface area contributed by atoms with E-state index in [0.717, 1.165) is 25.7 Å². The zero-order chi connectivity index (χ0) is 17.9.